The van der Waals surface area contributed by atoms with Gasteiger partial charge in [-0.05, 0) is 59.6 Å². The van der Waals surface area contributed by atoms with E-state index in [-0.39, 0.29) is 4.90 Å². The molecule has 4 aromatic carbocycles. The Kier molecular flexibility index (Phi) is 7.76. The van der Waals surface area contributed by atoms with Crippen molar-refractivity contribution >= 4 is 44.0 Å². The summed E-state index contributed by atoms with van der Waals surface area (Å²) in [7, 11) is -3.68. The summed E-state index contributed by atoms with van der Waals surface area (Å²) in [5.41, 5.74) is 2.94. The van der Waals surface area contributed by atoms with Gasteiger partial charge < -0.3 is 10.1 Å². The number of ether oxygens (including phenoxy) is 1. The largest absolute Gasteiger partial charge is 0.488 e. The molecule has 0 saturated heterocycles. The van der Waals surface area contributed by atoms with Gasteiger partial charge in [0.15, 0.2) is 0 Å². The molecule has 0 amide bonds. The number of benzene rings is 4. The van der Waals surface area contributed by atoms with Crippen LogP contribution in [0.25, 0.3) is 10.8 Å². The fourth-order valence-electron chi connectivity index (χ4n) is 3.72. The van der Waals surface area contributed by atoms with Gasteiger partial charge in [-0.2, -0.15) is 0 Å². The lowest BCUT2D eigenvalue weighted by molar-refractivity contribution is 0.303. The molecule has 0 radical (unpaired) electrons. The summed E-state index contributed by atoms with van der Waals surface area (Å²) in [6, 6.07) is 24.2. The molecule has 176 valence electrons. The van der Waals surface area contributed by atoms with Crippen molar-refractivity contribution in [1.82, 2.24) is 5.32 Å². The van der Waals surface area contributed by atoms with E-state index < -0.39 is 10.0 Å². The van der Waals surface area contributed by atoms with Crippen molar-refractivity contribution in [2.75, 3.05) is 6.54 Å². The molecule has 3 N–H and O–H groups in total. The minimum atomic E-state index is -3.68. The Labute approximate surface area is 209 Å². The highest BCUT2D eigenvalue weighted by molar-refractivity contribution is 7.89. The van der Waals surface area contributed by atoms with Gasteiger partial charge in [-0.25, -0.2) is 13.6 Å². The van der Waals surface area contributed by atoms with Gasteiger partial charge in [0, 0.05) is 27.7 Å². The Hall–Kier alpha value is -2.61. The molecule has 8 heteroatoms. The van der Waals surface area contributed by atoms with Crippen molar-refractivity contribution in [3.8, 4) is 5.75 Å². The van der Waals surface area contributed by atoms with Crippen LogP contribution < -0.4 is 15.2 Å². The number of fused-ring (bicyclic) bond motifs is 1. The van der Waals surface area contributed by atoms with E-state index in [4.69, 9.17) is 33.1 Å². The van der Waals surface area contributed by atoms with Crippen LogP contribution in [-0.2, 0) is 29.6 Å². The van der Waals surface area contributed by atoms with Crippen LogP contribution in [0.15, 0.2) is 83.8 Å². The van der Waals surface area contributed by atoms with Gasteiger partial charge >= 0.3 is 0 Å². The fraction of sp³-hybridized carbons (Fsp3) is 0.154. The van der Waals surface area contributed by atoms with Crippen LogP contribution >= 0.6 is 23.2 Å². The molecule has 4 aromatic rings. The maximum absolute atomic E-state index is 11.4. The van der Waals surface area contributed by atoms with Crippen molar-refractivity contribution in [3.05, 3.63) is 106 Å². The van der Waals surface area contributed by atoms with E-state index in [1.54, 1.807) is 24.3 Å². The molecule has 0 unspecified atom stereocenters. The van der Waals surface area contributed by atoms with Crippen molar-refractivity contribution in [3.63, 3.8) is 0 Å². The van der Waals surface area contributed by atoms with Gasteiger partial charge in [0.05, 0.1) is 4.90 Å². The van der Waals surface area contributed by atoms with Gasteiger partial charge in [-0.1, -0.05) is 71.7 Å². The Balaban J connectivity index is 1.46. The van der Waals surface area contributed by atoms with Crippen LogP contribution in [0.3, 0.4) is 0 Å². The molecule has 4 rings (SSSR count). The molecule has 0 aliphatic rings. The average Bonchev–Trinajstić information content (AvgIpc) is 2.81. The van der Waals surface area contributed by atoms with Crippen LogP contribution in [0.4, 0.5) is 0 Å². The maximum atomic E-state index is 11.4. The van der Waals surface area contributed by atoms with Crippen molar-refractivity contribution in [1.29, 1.82) is 0 Å². The monoisotopic (exact) mass is 514 g/mol. The lowest BCUT2D eigenvalue weighted by Crippen LogP contribution is -2.18. The molecule has 34 heavy (non-hydrogen) atoms. The van der Waals surface area contributed by atoms with Gasteiger partial charge in [0.1, 0.15) is 12.4 Å². The SMILES string of the molecule is NS(=O)(=O)c1ccc(CCNCc2c(OCc3ccc(Cl)cc3Cl)ccc3ccccc23)cc1. The minimum absolute atomic E-state index is 0.113. The molecule has 0 heterocycles. The lowest BCUT2D eigenvalue weighted by Gasteiger charge is -2.16. The first-order valence-electron chi connectivity index (χ1n) is 10.7. The number of sulfonamides is 1. The van der Waals surface area contributed by atoms with Gasteiger partial charge in [-0.15, -0.1) is 0 Å². The summed E-state index contributed by atoms with van der Waals surface area (Å²) in [6.45, 7) is 1.65. The predicted octanol–water partition coefficient (Wildman–Crippen LogP) is 5.71. The minimum Gasteiger partial charge on any atom is -0.488 e. The third-order valence-electron chi connectivity index (χ3n) is 5.54. The smallest absolute Gasteiger partial charge is 0.238 e. The number of hydrogen-bond acceptors (Lipinski definition) is 4. The molecule has 0 aliphatic carbocycles. The predicted molar refractivity (Wildman–Crippen MR) is 138 cm³/mol. The molecule has 0 spiro atoms. The molecule has 0 saturated carbocycles. The average molecular weight is 515 g/mol. The highest BCUT2D eigenvalue weighted by Gasteiger charge is 2.11. The van der Waals surface area contributed by atoms with E-state index in [0.29, 0.717) is 29.7 Å². The number of rotatable bonds is 9. The molecular formula is C26H24Cl2N2O3S. The van der Waals surface area contributed by atoms with E-state index in [1.165, 1.54) is 12.1 Å². The lowest BCUT2D eigenvalue weighted by atomic mass is 10.0. The van der Waals surface area contributed by atoms with E-state index in [9.17, 15) is 8.42 Å². The third kappa shape index (κ3) is 6.09. The summed E-state index contributed by atoms with van der Waals surface area (Å²) in [5, 5.41) is 12.1. The Morgan fingerprint density at radius 3 is 2.41 bits per heavy atom. The number of hydrogen-bond donors (Lipinski definition) is 2. The van der Waals surface area contributed by atoms with Crippen molar-refractivity contribution in [2.45, 2.75) is 24.5 Å². The second-order valence-corrected chi connectivity index (χ2v) is 10.3. The van der Waals surface area contributed by atoms with Crippen LogP contribution in [0.1, 0.15) is 16.7 Å². The first kappa shape index (κ1) is 24.5. The summed E-state index contributed by atoms with van der Waals surface area (Å²) < 4.78 is 29.0. The quantitative estimate of drug-likeness (QED) is 0.280. The van der Waals surface area contributed by atoms with E-state index in [0.717, 1.165) is 39.6 Å². The van der Waals surface area contributed by atoms with Crippen molar-refractivity contribution < 1.29 is 13.2 Å². The first-order chi connectivity index (χ1) is 16.3. The zero-order valence-electron chi connectivity index (χ0n) is 18.3. The Bertz CT molecular complexity index is 1410. The van der Waals surface area contributed by atoms with Crippen LogP contribution in [-0.4, -0.2) is 15.0 Å². The molecule has 5 nitrogen and oxygen atoms in total. The molecule has 0 aromatic heterocycles. The highest BCUT2D eigenvalue weighted by atomic mass is 35.5. The number of halogens is 2. The van der Waals surface area contributed by atoms with E-state index >= 15 is 0 Å². The van der Waals surface area contributed by atoms with Gasteiger partial charge in [0.2, 0.25) is 10.0 Å². The summed E-state index contributed by atoms with van der Waals surface area (Å²) in [5.74, 6) is 0.787. The summed E-state index contributed by atoms with van der Waals surface area (Å²) >= 11 is 12.3. The van der Waals surface area contributed by atoms with Crippen LogP contribution in [0.5, 0.6) is 5.75 Å². The summed E-state index contributed by atoms with van der Waals surface area (Å²) in [6.07, 6.45) is 0.742. The van der Waals surface area contributed by atoms with Gasteiger partial charge in [0.25, 0.3) is 0 Å². The fourth-order valence-corrected chi connectivity index (χ4v) is 4.70. The second kappa shape index (κ2) is 10.8. The number of primary sulfonamides is 1. The first-order valence-corrected chi connectivity index (χ1v) is 13.0. The Morgan fingerprint density at radius 1 is 0.912 bits per heavy atom. The standard InChI is InChI=1S/C26H24Cl2N2O3S/c27-21-9-7-20(25(28)15-21)17-33-26-12-8-19-3-1-2-4-23(19)24(26)16-30-14-13-18-5-10-22(11-6-18)34(29,31)32/h1-12,15,30H,13-14,16-17H2,(H2,29,31,32). The zero-order valence-corrected chi connectivity index (χ0v) is 20.6. The zero-order chi connectivity index (χ0) is 24.1. The molecule has 0 atom stereocenters. The second-order valence-electron chi connectivity index (χ2n) is 7.90. The summed E-state index contributed by atoms with van der Waals surface area (Å²) in [4.78, 5) is 0.113. The van der Waals surface area contributed by atoms with E-state index in [1.807, 2.05) is 30.3 Å². The molecule has 0 aliphatic heterocycles. The van der Waals surface area contributed by atoms with E-state index in [2.05, 4.69) is 17.4 Å². The normalized spacial score (nSPS) is 11.6. The topological polar surface area (TPSA) is 81.4 Å². The third-order valence-corrected chi connectivity index (χ3v) is 7.06. The van der Waals surface area contributed by atoms with Crippen molar-refractivity contribution in [2.24, 2.45) is 5.14 Å². The number of nitrogens with two attached hydrogens (primary N) is 1. The van der Waals surface area contributed by atoms with Crippen LogP contribution in [0.2, 0.25) is 10.0 Å². The van der Waals surface area contributed by atoms with Gasteiger partial charge in [-0.3, -0.25) is 0 Å². The maximum Gasteiger partial charge on any atom is 0.238 e. The highest BCUT2D eigenvalue weighted by Crippen LogP contribution is 2.30. The van der Waals surface area contributed by atoms with Crippen LogP contribution in [0, 0.1) is 0 Å². The molecular weight excluding hydrogens is 491 g/mol. The Morgan fingerprint density at radius 2 is 1.68 bits per heavy atom. The molecule has 0 fully saturated rings. The molecule has 0 bridgehead atoms. The number of nitrogens with one attached hydrogen (secondary N) is 1.